The number of ether oxygens (including phenoxy) is 2. The van der Waals surface area contributed by atoms with E-state index in [1.165, 1.54) is 4.90 Å². The summed E-state index contributed by atoms with van der Waals surface area (Å²) in [6, 6.07) is 9.70. The fourth-order valence-corrected chi connectivity index (χ4v) is 5.68. The summed E-state index contributed by atoms with van der Waals surface area (Å²) < 4.78 is 11.1. The molecule has 5 nitrogen and oxygen atoms in total. The van der Waals surface area contributed by atoms with Crippen LogP contribution in [-0.4, -0.2) is 42.8 Å². The van der Waals surface area contributed by atoms with Crippen LogP contribution in [0.15, 0.2) is 30.3 Å². The highest BCUT2D eigenvalue weighted by Gasteiger charge is 2.70. The van der Waals surface area contributed by atoms with E-state index in [4.69, 9.17) is 9.47 Å². The SMILES string of the molecule is CO[C@@H]1C[C@H]2CC[C@]1(C(=O)N1C(=O)OC[C@@H]1Cc1ccccc1)C2(C)C. The highest BCUT2D eigenvalue weighted by Crippen LogP contribution is 2.67. The van der Waals surface area contributed by atoms with Gasteiger partial charge < -0.3 is 9.47 Å². The molecule has 3 aliphatic rings. The van der Waals surface area contributed by atoms with Crippen molar-refractivity contribution in [2.45, 2.75) is 51.7 Å². The third-order valence-corrected chi connectivity index (χ3v) is 7.27. The maximum Gasteiger partial charge on any atom is 0.417 e. The number of carbonyl (C=O) groups excluding carboxylic acids is 2. The molecule has 1 aliphatic heterocycles. The van der Waals surface area contributed by atoms with Crippen LogP contribution in [-0.2, 0) is 20.7 Å². The van der Waals surface area contributed by atoms with Crippen molar-refractivity contribution in [1.29, 1.82) is 0 Å². The number of methoxy groups -OCH3 is 1. The van der Waals surface area contributed by atoms with E-state index in [9.17, 15) is 9.59 Å². The lowest BCUT2D eigenvalue weighted by Crippen LogP contribution is -2.56. The maximum atomic E-state index is 13.8. The van der Waals surface area contributed by atoms with Crippen molar-refractivity contribution in [2.75, 3.05) is 13.7 Å². The van der Waals surface area contributed by atoms with Gasteiger partial charge in [-0.05, 0) is 42.6 Å². The van der Waals surface area contributed by atoms with Crippen molar-refractivity contribution in [3.05, 3.63) is 35.9 Å². The van der Waals surface area contributed by atoms with Crippen LogP contribution in [0.25, 0.3) is 0 Å². The number of cyclic esters (lactones) is 1. The number of benzene rings is 1. The molecule has 4 rings (SSSR count). The van der Waals surface area contributed by atoms with Gasteiger partial charge in [-0.2, -0.15) is 0 Å². The van der Waals surface area contributed by atoms with Gasteiger partial charge in [-0.15, -0.1) is 0 Å². The molecule has 0 radical (unpaired) electrons. The lowest BCUT2D eigenvalue weighted by atomic mass is 9.67. The Morgan fingerprint density at radius 3 is 2.69 bits per heavy atom. The lowest BCUT2D eigenvalue weighted by Gasteiger charge is -2.42. The summed E-state index contributed by atoms with van der Waals surface area (Å²) in [6.07, 6.45) is 2.67. The quantitative estimate of drug-likeness (QED) is 0.828. The van der Waals surface area contributed by atoms with Gasteiger partial charge in [0.2, 0.25) is 5.91 Å². The number of hydrogen-bond acceptors (Lipinski definition) is 4. The van der Waals surface area contributed by atoms with E-state index in [0.717, 1.165) is 24.8 Å². The fourth-order valence-electron chi connectivity index (χ4n) is 5.68. The number of amides is 2. The van der Waals surface area contributed by atoms with Crippen molar-refractivity contribution in [3.8, 4) is 0 Å². The number of imide groups is 1. The number of nitrogens with zero attached hydrogens (tertiary/aromatic N) is 1. The number of rotatable bonds is 4. The Hall–Kier alpha value is -1.88. The van der Waals surface area contributed by atoms with Crippen molar-refractivity contribution in [3.63, 3.8) is 0 Å². The van der Waals surface area contributed by atoms with Crippen molar-refractivity contribution in [2.24, 2.45) is 16.7 Å². The second-order valence-corrected chi connectivity index (χ2v) is 8.48. The summed E-state index contributed by atoms with van der Waals surface area (Å²) in [7, 11) is 1.68. The third kappa shape index (κ3) is 2.26. The van der Waals surface area contributed by atoms with Crippen LogP contribution in [0.3, 0.4) is 0 Å². The normalized spacial score (nSPS) is 35.0. The molecule has 1 aromatic carbocycles. The molecule has 140 valence electrons. The molecule has 5 heteroatoms. The third-order valence-electron chi connectivity index (χ3n) is 7.27. The van der Waals surface area contributed by atoms with Gasteiger partial charge in [0.05, 0.1) is 17.6 Å². The first kappa shape index (κ1) is 17.5. The zero-order chi connectivity index (χ0) is 18.5. The van der Waals surface area contributed by atoms with Gasteiger partial charge in [-0.3, -0.25) is 4.79 Å². The smallest absolute Gasteiger partial charge is 0.417 e. The summed E-state index contributed by atoms with van der Waals surface area (Å²) in [4.78, 5) is 27.7. The minimum Gasteiger partial charge on any atom is -0.447 e. The Balaban J connectivity index is 1.66. The maximum absolute atomic E-state index is 13.8. The fraction of sp³-hybridized carbons (Fsp3) is 0.619. The van der Waals surface area contributed by atoms with Crippen LogP contribution >= 0.6 is 0 Å². The van der Waals surface area contributed by atoms with Gasteiger partial charge >= 0.3 is 6.09 Å². The molecule has 1 aromatic rings. The highest BCUT2D eigenvalue weighted by molar-refractivity contribution is 5.98. The van der Waals surface area contributed by atoms with Gasteiger partial charge in [-0.25, -0.2) is 9.69 Å². The molecule has 1 heterocycles. The molecule has 2 saturated carbocycles. The predicted molar refractivity (Wildman–Crippen MR) is 96.5 cm³/mol. The van der Waals surface area contributed by atoms with Crippen LogP contribution in [0.1, 0.15) is 38.7 Å². The van der Waals surface area contributed by atoms with Crippen molar-refractivity contribution < 1.29 is 19.1 Å². The van der Waals surface area contributed by atoms with Gasteiger partial charge in [0.1, 0.15) is 6.61 Å². The minimum atomic E-state index is -0.634. The van der Waals surface area contributed by atoms with E-state index in [1.807, 2.05) is 30.3 Å². The van der Waals surface area contributed by atoms with Gasteiger partial charge in [0.25, 0.3) is 0 Å². The summed E-state index contributed by atoms with van der Waals surface area (Å²) in [5.74, 6) is 0.361. The number of fused-ring (bicyclic) bond motifs is 2. The summed E-state index contributed by atoms with van der Waals surface area (Å²) in [6.45, 7) is 4.58. The van der Waals surface area contributed by atoms with Crippen molar-refractivity contribution >= 4 is 12.0 Å². The first-order valence-corrected chi connectivity index (χ1v) is 9.49. The van der Waals surface area contributed by atoms with E-state index < -0.39 is 11.5 Å². The Labute approximate surface area is 154 Å². The second kappa shape index (κ2) is 6.08. The molecule has 0 spiro atoms. The minimum absolute atomic E-state index is 0.0993. The molecule has 0 aromatic heterocycles. The summed E-state index contributed by atoms with van der Waals surface area (Å²) in [5.41, 5.74) is 0.291. The lowest BCUT2D eigenvalue weighted by molar-refractivity contribution is -0.154. The van der Waals surface area contributed by atoms with E-state index >= 15 is 0 Å². The number of hydrogen-bond donors (Lipinski definition) is 0. The summed E-state index contributed by atoms with van der Waals surface area (Å²) in [5, 5.41) is 0. The van der Waals surface area contributed by atoms with Crippen molar-refractivity contribution in [1.82, 2.24) is 4.90 Å². The van der Waals surface area contributed by atoms with Crippen LogP contribution < -0.4 is 0 Å². The first-order chi connectivity index (χ1) is 12.4. The molecule has 26 heavy (non-hydrogen) atoms. The van der Waals surface area contributed by atoms with Crippen LogP contribution in [0.4, 0.5) is 4.79 Å². The zero-order valence-electron chi connectivity index (χ0n) is 15.7. The molecule has 0 N–H and O–H groups in total. The standard InChI is InChI=1S/C21H27NO4/c1-20(2)15-9-10-21(20,17(12-15)25-3)18(23)22-16(13-26-19(22)24)11-14-7-5-4-6-8-14/h4-8,15-17H,9-13H2,1-3H3/t15-,16+,17-,21+/m1/s1. The Kier molecular flexibility index (Phi) is 4.10. The molecular formula is C21H27NO4. The first-order valence-electron chi connectivity index (χ1n) is 9.49. The molecule has 4 atom stereocenters. The molecule has 3 fully saturated rings. The van der Waals surface area contributed by atoms with E-state index in [0.29, 0.717) is 12.3 Å². The molecule has 2 bridgehead atoms. The Morgan fingerprint density at radius 2 is 2.04 bits per heavy atom. The topological polar surface area (TPSA) is 55.8 Å². The van der Waals surface area contributed by atoms with E-state index in [1.54, 1.807) is 7.11 Å². The van der Waals surface area contributed by atoms with Gasteiger partial charge in [0, 0.05) is 7.11 Å². The Morgan fingerprint density at radius 1 is 1.31 bits per heavy atom. The van der Waals surface area contributed by atoms with Gasteiger partial charge in [0.15, 0.2) is 0 Å². The number of carbonyl (C=O) groups is 2. The zero-order valence-corrected chi connectivity index (χ0v) is 15.7. The van der Waals surface area contributed by atoms with E-state index in [2.05, 4.69) is 13.8 Å². The molecule has 2 aliphatic carbocycles. The van der Waals surface area contributed by atoms with E-state index in [-0.39, 0.29) is 30.1 Å². The average molecular weight is 357 g/mol. The highest BCUT2D eigenvalue weighted by atomic mass is 16.6. The largest absolute Gasteiger partial charge is 0.447 e. The molecule has 2 amide bonds. The molecule has 1 saturated heterocycles. The average Bonchev–Trinajstić information content (AvgIpc) is 3.20. The van der Waals surface area contributed by atoms with Crippen LogP contribution in [0.2, 0.25) is 0 Å². The predicted octanol–water partition coefficient (Wildman–Crippen LogP) is 3.42. The second-order valence-electron chi connectivity index (χ2n) is 8.48. The molecular weight excluding hydrogens is 330 g/mol. The van der Waals surface area contributed by atoms with Crippen LogP contribution in [0.5, 0.6) is 0 Å². The van der Waals surface area contributed by atoms with Gasteiger partial charge in [-0.1, -0.05) is 44.2 Å². The monoisotopic (exact) mass is 357 g/mol. The molecule has 0 unspecified atom stereocenters. The van der Waals surface area contributed by atoms with Crippen LogP contribution in [0, 0.1) is 16.7 Å². The Bertz CT molecular complexity index is 716. The summed E-state index contributed by atoms with van der Waals surface area (Å²) >= 11 is 0.